The van der Waals surface area contributed by atoms with E-state index in [1.165, 1.54) is 6.92 Å². The molecule has 0 N–H and O–H groups in total. The van der Waals surface area contributed by atoms with Crippen LogP contribution in [0.3, 0.4) is 0 Å². The Morgan fingerprint density at radius 2 is 1.72 bits per heavy atom. The number of hydrogen-bond donors (Lipinski definition) is 0. The fourth-order valence-corrected chi connectivity index (χ4v) is 1.35. The molecule has 0 unspecified atom stereocenters. The highest BCUT2D eigenvalue weighted by molar-refractivity contribution is 5.94. The summed E-state index contributed by atoms with van der Waals surface area (Å²) in [6.45, 7) is 2.30. The molecule has 0 spiro atoms. The molecule has 0 saturated carbocycles. The van der Waals surface area contributed by atoms with Crippen LogP contribution in [0.4, 0.5) is 0 Å². The lowest BCUT2D eigenvalue weighted by molar-refractivity contribution is -0.145. The Bertz CT molecular complexity index is 373. The van der Waals surface area contributed by atoms with Gasteiger partial charge in [0.1, 0.15) is 18.0 Å². The average Bonchev–Trinajstić information content (AvgIpc) is 2.34. The molecule has 0 fully saturated rings. The molecule has 0 aromatic heterocycles. The monoisotopic (exact) mass is 250 g/mol. The largest absolute Gasteiger partial charge is 0.494 e. The van der Waals surface area contributed by atoms with E-state index in [1.54, 1.807) is 0 Å². The molecule has 0 amide bonds. The van der Waals surface area contributed by atoms with Crippen molar-refractivity contribution in [2.45, 2.75) is 26.2 Å². The SMILES string of the molecule is CC(=O)CC(=O)OCCCCOc1ccccc1. The Morgan fingerprint density at radius 3 is 2.39 bits per heavy atom. The van der Waals surface area contributed by atoms with Crippen LogP contribution in [0.1, 0.15) is 26.2 Å². The number of ketones is 1. The maximum absolute atomic E-state index is 11.0. The van der Waals surface area contributed by atoms with Gasteiger partial charge in [0, 0.05) is 0 Å². The van der Waals surface area contributed by atoms with E-state index in [0.717, 1.165) is 18.6 Å². The molecule has 0 aliphatic heterocycles. The van der Waals surface area contributed by atoms with Gasteiger partial charge in [0.25, 0.3) is 0 Å². The van der Waals surface area contributed by atoms with Crippen LogP contribution in [0, 0.1) is 0 Å². The Hall–Kier alpha value is -1.84. The minimum absolute atomic E-state index is 0.138. The van der Waals surface area contributed by atoms with Crippen molar-refractivity contribution in [1.82, 2.24) is 0 Å². The predicted octanol–water partition coefficient (Wildman–Crippen LogP) is 2.37. The summed E-state index contributed by atoms with van der Waals surface area (Å²) < 4.78 is 10.4. The average molecular weight is 250 g/mol. The van der Waals surface area contributed by atoms with Crippen molar-refractivity contribution in [2.24, 2.45) is 0 Å². The molecular weight excluding hydrogens is 232 g/mol. The number of para-hydroxylation sites is 1. The van der Waals surface area contributed by atoms with Crippen LogP contribution in [0.15, 0.2) is 30.3 Å². The van der Waals surface area contributed by atoms with Crippen LogP contribution in [-0.4, -0.2) is 25.0 Å². The van der Waals surface area contributed by atoms with Crippen molar-refractivity contribution in [1.29, 1.82) is 0 Å². The normalized spacial score (nSPS) is 9.83. The Balaban J connectivity index is 1.99. The molecule has 4 nitrogen and oxygen atoms in total. The van der Waals surface area contributed by atoms with Crippen molar-refractivity contribution < 1.29 is 19.1 Å². The van der Waals surface area contributed by atoms with Crippen LogP contribution in [0.5, 0.6) is 5.75 Å². The van der Waals surface area contributed by atoms with Gasteiger partial charge in [-0.2, -0.15) is 0 Å². The Kier molecular flexibility index (Phi) is 6.54. The molecule has 0 aliphatic carbocycles. The highest BCUT2D eigenvalue weighted by atomic mass is 16.5. The summed E-state index contributed by atoms with van der Waals surface area (Å²) in [6.07, 6.45) is 1.40. The van der Waals surface area contributed by atoms with Gasteiger partial charge in [0.15, 0.2) is 0 Å². The van der Waals surface area contributed by atoms with E-state index in [1.807, 2.05) is 30.3 Å². The van der Waals surface area contributed by atoms with E-state index < -0.39 is 5.97 Å². The standard InChI is InChI=1S/C14H18O4/c1-12(15)11-14(16)18-10-6-5-9-17-13-7-3-2-4-8-13/h2-4,7-8H,5-6,9-11H2,1H3. The number of ether oxygens (including phenoxy) is 2. The Morgan fingerprint density at radius 1 is 1.06 bits per heavy atom. The second kappa shape index (κ2) is 8.28. The highest BCUT2D eigenvalue weighted by Crippen LogP contribution is 2.08. The third-order valence-electron chi connectivity index (χ3n) is 2.21. The Labute approximate surface area is 107 Å². The molecular formula is C14H18O4. The maximum atomic E-state index is 11.0. The van der Waals surface area contributed by atoms with Gasteiger partial charge in [-0.05, 0) is 31.9 Å². The van der Waals surface area contributed by atoms with Gasteiger partial charge >= 0.3 is 5.97 Å². The molecule has 1 rings (SSSR count). The lowest BCUT2D eigenvalue weighted by atomic mass is 10.3. The van der Waals surface area contributed by atoms with E-state index in [4.69, 9.17) is 9.47 Å². The zero-order valence-electron chi connectivity index (χ0n) is 10.6. The van der Waals surface area contributed by atoms with Crippen molar-refractivity contribution in [3.8, 4) is 5.75 Å². The highest BCUT2D eigenvalue weighted by Gasteiger charge is 2.05. The van der Waals surface area contributed by atoms with Gasteiger partial charge in [-0.25, -0.2) is 0 Å². The number of hydrogen-bond acceptors (Lipinski definition) is 4. The molecule has 98 valence electrons. The number of carbonyl (C=O) groups is 2. The topological polar surface area (TPSA) is 52.6 Å². The molecule has 1 aromatic carbocycles. The number of unbranched alkanes of at least 4 members (excludes halogenated alkanes) is 1. The summed E-state index contributed by atoms with van der Waals surface area (Å²) in [6, 6.07) is 9.55. The summed E-state index contributed by atoms with van der Waals surface area (Å²) in [7, 11) is 0. The zero-order valence-corrected chi connectivity index (χ0v) is 10.6. The molecule has 0 atom stereocenters. The van der Waals surface area contributed by atoms with Crippen molar-refractivity contribution in [3.63, 3.8) is 0 Å². The number of esters is 1. The minimum Gasteiger partial charge on any atom is -0.494 e. The molecule has 0 saturated heterocycles. The summed E-state index contributed by atoms with van der Waals surface area (Å²) in [5.74, 6) is 0.213. The van der Waals surface area contributed by atoms with Crippen LogP contribution in [0.25, 0.3) is 0 Å². The zero-order chi connectivity index (χ0) is 13.2. The van der Waals surface area contributed by atoms with Gasteiger partial charge in [0.2, 0.25) is 0 Å². The fraction of sp³-hybridized carbons (Fsp3) is 0.429. The van der Waals surface area contributed by atoms with E-state index in [9.17, 15) is 9.59 Å². The first-order chi connectivity index (χ1) is 8.68. The first-order valence-electron chi connectivity index (χ1n) is 6.01. The van der Waals surface area contributed by atoms with Crippen LogP contribution >= 0.6 is 0 Å². The van der Waals surface area contributed by atoms with E-state index >= 15 is 0 Å². The quantitative estimate of drug-likeness (QED) is 0.404. The van der Waals surface area contributed by atoms with Gasteiger partial charge in [-0.15, -0.1) is 0 Å². The van der Waals surface area contributed by atoms with Gasteiger partial charge in [0.05, 0.1) is 13.2 Å². The number of benzene rings is 1. The third-order valence-corrected chi connectivity index (χ3v) is 2.21. The van der Waals surface area contributed by atoms with Gasteiger partial charge < -0.3 is 9.47 Å². The maximum Gasteiger partial charge on any atom is 0.313 e. The van der Waals surface area contributed by atoms with Crippen molar-refractivity contribution in [2.75, 3.05) is 13.2 Å². The minimum atomic E-state index is -0.452. The van der Waals surface area contributed by atoms with Crippen LogP contribution < -0.4 is 4.74 Å². The molecule has 1 aromatic rings. The molecule has 0 radical (unpaired) electrons. The van der Waals surface area contributed by atoms with Gasteiger partial charge in [-0.1, -0.05) is 18.2 Å². The van der Waals surface area contributed by atoms with Gasteiger partial charge in [-0.3, -0.25) is 9.59 Å². The predicted molar refractivity (Wildman–Crippen MR) is 67.4 cm³/mol. The molecule has 18 heavy (non-hydrogen) atoms. The summed E-state index contributed by atoms with van der Waals surface area (Å²) in [5.41, 5.74) is 0. The number of carbonyl (C=O) groups excluding carboxylic acids is 2. The van der Waals surface area contributed by atoms with Crippen molar-refractivity contribution in [3.05, 3.63) is 30.3 Å². The third kappa shape index (κ3) is 6.68. The van der Waals surface area contributed by atoms with Crippen LogP contribution in [-0.2, 0) is 14.3 Å². The van der Waals surface area contributed by atoms with Crippen LogP contribution in [0.2, 0.25) is 0 Å². The molecule has 0 bridgehead atoms. The molecule has 0 heterocycles. The first-order valence-corrected chi connectivity index (χ1v) is 6.01. The molecule has 4 heteroatoms. The second-order valence-electron chi connectivity index (χ2n) is 3.97. The van der Waals surface area contributed by atoms with E-state index in [0.29, 0.717) is 13.2 Å². The lowest BCUT2D eigenvalue weighted by Crippen LogP contribution is -2.10. The smallest absolute Gasteiger partial charge is 0.313 e. The second-order valence-corrected chi connectivity index (χ2v) is 3.97. The summed E-state index contributed by atoms with van der Waals surface area (Å²) in [4.78, 5) is 21.7. The molecule has 0 aliphatic rings. The summed E-state index contributed by atoms with van der Waals surface area (Å²) >= 11 is 0. The fourth-order valence-electron chi connectivity index (χ4n) is 1.35. The number of Topliss-reactive ketones (excluding diaryl/α,β-unsaturated/α-hetero) is 1. The summed E-state index contributed by atoms with van der Waals surface area (Å²) in [5, 5.41) is 0. The van der Waals surface area contributed by atoms with E-state index in [2.05, 4.69) is 0 Å². The van der Waals surface area contributed by atoms with E-state index in [-0.39, 0.29) is 12.2 Å². The van der Waals surface area contributed by atoms with Crippen molar-refractivity contribution >= 4 is 11.8 Å². The number of rotatable bonds is 8. The lowest BCUT2D eigenvalue weighted by Gasteiger charge is -2.06. The first kappa shape index (κ1) is 14.2.